The van der Waals surface area contributed by atoms with E-state index in [4.69, 9.17) is 4.74 Å². The summed E-state index contributed by atoms with van der Waals surface area (Å²) in [6, 6.07) is 1.72. The van der Waals surface area contributed by atoms with E-state index in [0.29, 0.717) is 17.9 Å². The van der Waals surface area contributed by atoms with Crippen LogP contribution < -0.4 is 0 Å². The van der Waals surface area contributed by atoms with Crippen molar-refractivity contribution < 1.29 is 19.4 Å². The minimum absolute atomic E-state index is 0.0727. The summed E-state index contributed by atoms with van der Waals surface area (Å²) in [6.07, 6.45) is 2.00. The van der Waals surface area contributed by atoms with Gasteiger partial charge in [-0.25, -0.2) is 4.79 Å². The average Bonchev–Trinajstić information content (AvgIpc) is 3.00. The first-order chi connectivity index (χ1) is 10.3. The number of carboxylic acid groups (broad SMARTS) is 1. The Morgan fingerprint density at radius 1 is 1.41 bits per heavy atom. The fourth-order valence-corrected chi connectivity index (χ4v) is 3.36. The Balaban J connectivity index is 2.04. The van der Waals surface area contributed by atoms with Gasteiger partial charge in [0, 0.05) is 12.6 Å². The number of likely N-dealkylation sites (tertiary alicyclic amines) is 1. The molecule has 3 heterocycles. The van der Waals surface area contributed by atoms with Crippen LogP contribution in [-0.2, 0) is 17.9 Å². The Kier molecular flexibility index (Phi) is 3.51. The normalized spacial score (nSPS) is 23.4. The van der Waals surface area contributed by atoms with Gasteiger partial charge in [0.05, 0.1) is 30.0 Å². The summed E-state index contributed by atoms with van der Waals surface area (Å²) in [6.45, 7) is 7.38. The van der Waals surface area contributed by atoms with Crippen LogP contribution >= 0.6 is 0 Å². The number of fused-ring (bicyclic) bond motifs is 1. The predicted octanol–water partition coefficient (Wildman–Crippen LogP) is 2.12. The molecule has 0 radical (unpaired) electrons. The molecule has 2 aliphatic heterocycles. The van der Waals surface area contributed by atoms with E-state index in [9.17, 15) is 14.7 Å². The summed E-state index contributed by atoms with van der Waals surface area (Å²) in [5, 5.41) is 9.39. The molecule has 1 atom stereocenters. The number of carbonyl (C=O) groups is 2. The third-order valence-corrected chi connectivity index (χ3v) is 4.61. The molecule has 0 saturated carbocycles. The van der Waals surface area contributed by atoms with Crippen molar-refractivity contribution in [3.05, 3.63) is 23.0 Å². The maximum Gasteiger partial charge on any atom is 0.337 e. The Bertz CT molecular complexity index is 632. The van der Waals surface area contributed by atoms with Crippen molar-refractivity contribution in [3.63, 3.8) is 0 Å². The van der Waals surface area contributed by atoms with Crippen molar-refractivity contribution in [3.8, 4) is 0 Å². The molecule has 1 N–H and O–H groups in total. The standard InChI is InChI=1S/C16H22N2O4/c1-10-5-4-6-17(10)14(19)12-7-11(15(20)21)13-8-22-16(2,3)9-18(12)13/h7,10H,4-6,8-9H2,1-3H3,(H,20,21). The van der Waals surface area contributed by atoms with E-state index >= 15 is 0 Å². The molecule has 0 bridgehead atoms. The smallest absolute Gasteiger partial charge is 0.337 e. The highest BCUT2D eigenvalue weighted by atomic mass is 16.5. The lowest BCUT2D eigenvalue weighted by Crippen LogP contribution is -2.40. The number of carboxylic acids is 1. The molecule has 6 heteroatoms. The van der Waals surface area contributed by atoms with Crippen molar-refractivity contribution in [2.24, 2.45) is 0 Å². The lowest BCUT2D eigenvalue weighted by molar-refractivity contribution is -0.0634. The molecule has 0 spiro atoms. The van der Waals surface area contributed by atoms with E-state index in [2.05, 4.69) is 0 Å². The van der Waals surface area contributed by atoms with E-state index in [1.165, 1.54) is 6.07 Å². The highest BCUT2D eigenvalue weighted by Crippen LogP contribution is 2.30. The van der Waals surface area contributed by atoms with Gasteiger partial charge in [-0.3, -0.25) is 4.79 Å². The van der Waals surface area contributed by atoms with Crippen LogP contribution in [0.2, 0.25) is 0 Å². The predicted molar refractivity (Wildman–Crippen MR) is 80.0 cm³/mol. The van der Waals surface area contributed by atoms with Gasteiger partial charge in [-0.2, -0.15) is 0 Å². The second kappa shape index (κ2) is 5.12. The summed E-state index contributed by atoms with van der Waals surface area (Å²) >= 11 is 0. The molecule has 1 fully saturated rings. The molecule has 0 aliphatic carbocycles. The quantitative estimate of drug-likeness (QED) is 0.908. The maximum absolute atomic E-state index is 12.8. The molecule has 2 aliphatic rings. The lowest BCUT2D eigenvalue weighted by Gasteiger charge is -2.33. The van der Waals surface area contributed by atoms with Gasteiger partial charge in [0.15, 0.2) is 0 Å². The highest BCUT2D eigenvalue weighted by Gasteiger charge is 2.35. The third kappa shape index (κ3) is 2.41. The Morgan fingerprint density at radius 2 is 2.14 bits per heavy atom. The summed E-state index contributed by atoms with van der Waals surface area (Å²) < 4.78 is 7.55. The number of aromatic nitrogens is 1. The number of hydrogen-bond acceptors (Lipinski definition) is 3. The first-order valence-electron chi connectivity index (χ1n) is 7.71. The fraction of sp³-hybridized carbons (Fsp3) is 0.625. The monoisotopic (exact) mass is 306 g/mol. The van der Waals surface area contributed by atoms with Crippen LogP contribution in [0.4, 0.5) is 0 Å². The zero-order chi connectivity index (χ0) is 16.1. The highest BCUT2D eigenvalue weighted by molar-refractivity contribution is 5.98. The summed E-state index contributed by atoms with van der Waals surface area (Å²) in [7, 11) is 0. The first-order valence-corrected chi connectivity index (χ1v) is 7.71. The topological polar surface area (TPSA) is 71.8 Å². The molecule has 1 aromatic rings. The molecule has 22 heavy (non-hydrogen) atoms. The van der Waals surface area contributed by atoms with Gasteiger partial charge >= 0.3 is 5.97 Å². The van der Waals surface area contributed by atoms with E-state index in [1.807, 2.05) is 30.2 Å². The lowest BCUT2D eigenvalue weighted by atomic mass is 10.1. The second-order valence-corrected chi connectivity index (χ2v) is 6.82. The minimum Gasteiger partial charge on any atom is -0.478 e. The third-order valence-electron chi connectivity index (χ3n) is 4.61. The van der Waals surface area contributed by atoms with Crippen LogP contribution in [0.3, 0.4) is 0 Å². The number of carbonyl (C=O) groups excluding carboxylic acids is 1. The SMILES string of the molecule is CC1CCCN1C(=O)c1cc(C(=O)O)c2n1CC(C)(C)OC2. The van der Waals surface area contributed by atoms with Crippen LogP contribution in [0.15, 0.2) is 6.07 Å². The molecule has 120 valence electrons. The van der Waals surface area contributed by atoms with E-state index in [0.717, 1.165) is 19.4 Å². The Labute approximate surface area is 129 Å². The van der Waals surface area contributed by atoms with Gasteiger partial charge in [-0.15, -0.1) is 0 Å². The molecular formula is C16H22N2O4. The maximum atomic E-state index is 12.8. The Morgan fingerprint density at radius 3 is 2.73 bits per heavy atom. The number of hydrogen-bond donors (Lipinski definition) is 1. The molecule has 1 unspecified atom stereocenters. The summed E-state index contributed by atoms with van der Waals surface area (Å²) in [5.74, 6) is -1.09. The van der Waals surface area contributed by atoms with Crippen LogP contribution in [0.25, 0.3) is 0 Å². The van der Waals surface area contributed by atoms with E-state index in [-0.39, 0.29) is 24.1 Å². The number of rotatable bonds is 2. The molecular weight excluding hydrogens is 284 g/mol. The van der Waals surface area contributed by atoms with Gasteiger partial charge in [0.1, 0.15) is 5.69 Å². The number of nitrogens with zero attached hydrogens (tertiary/aromatic N) is 2. The van der Waals surface area contributed by atoms with Crippen molar-refractivity contribution in [2.75, 3.05) is 6.54 Å². The summed E-state index contributed by atoms with van der Waals surface area (Å²) in [4.78, 5) is 26.2. The fourth-order valence-electron chi connectivity index (χ4n) is 3.36. The van der Waals surface area contributed by atoms with E-state index in [1.54, 1.807) is 0 Å². The van der Waals surface area contributed by atoms with Gasteiger partial charge in [-0.1, -0.05) is 0 Å². The minimum atomic E-state index is -1.01. The second-order valence-electron chi connectivity index (χ2n) is 6.82. The first kappa shape index (κ1) is 15.1. The number of ether oxygens (including phenoxy) is 1. The van der Waals surface area contributed by atoms with Crippen molar-refractivity contribution in [1.29, 1.82) is 0 Å². The van der Waals surface area contributed by atoms with Crippen LogP contribution in [0.5, 0.6) is 0 Å². The van der Waals surface area contributed by atoms with Gasteiger partial charge < -0.3 is 19.3 Å². The molecule has 1 aromatic heterocycles. The largest absolute Gasteiger partial charge is 0.478 e. The molecule has 1 saturated heterocycles. The van der Waals surface area contributed by atoms with Crippen LogP contribution in [-0.4, -0.2) is 44.6 Å². The van der Waals surface area contributed by atoms with Gasteiger partial charge in [-0.05, 0) is 39.7 Å². The molecule has 1 amide bonds. The van der Waals surface area contributed by atoms with Crippen molar-refractivity contribution in [2.45, 2.75) is 58.4 Å². The summed E-state index contributed by atoms with van der Waals surface area (Å²) in [5.41, 5.74) is 0.818. The van der Waals surface area contributed by atoms with Crippen LogP contribution in [0.1, 0.15) is 60.2 Å². The van der Waals surface area contributed by atoms with E-state index < -0.39 is 11.6 Å². The molecule has 0 aromatic carbocycles. The van der Waals surface area contributed by atoms with Gasteiger partial charge in [0.25, 0.3) is 5.91 Å². The van der Waals surface area contributed by atoms with Gasteiger partial charge in [0.2, 0.25) is 0 Å². The molecule has 3 rings (SSSR count). The van der Waals surface area contributed by atoms with Crippen molar-refractivity contribution >= 4 is 11.9 Å². The van der Waals surface area contributed by atoms with Crippen LogP contribution in [0, 0.1) is 0 Å². The van der Waals surface area contributed by atoms with Crippen molar-refractivity contribution in [1.82, 2.24) is 9.47 Å². The zero-order valence-electron chi connectivity index (χ0n) is 13.3. The Hall–Kier alpha value is -1.82. The number of aromatic carboxylic acids is 1. The zero-order valence-corrected chi connectivity index (χ0v) is 13.3. The average molecular weight is 306 g/mol. The molecule has 6 nitrogen and oxygen atoms in total. The number of amides is 1.